The highest BCUT2D eigenvalue weighted by Crippen LogP contribution is 2.41. The predicted molar refractivity (Wildman–Crippen MR) is 243 cm³/mol. The van der Waals surface area contributed by atoms with E-state index in [0.717, 1.165) is 42.2 Å². The number of ether oxygens (including phenoxy) is 2. The first-order valence-corrected chi connectivity index (χ1v) is 22.4. The molecule has 1 saturated heterocycles. The zero-order chi connectivity index (χ0) is 42.5. The maximum Gasteiger partial charge on any atom is 0.338 e. The van der Waals surface area contributed by atoms with Gasteiger partial charge in [0.1, 0.15) is 22.5 Å². The van der Waals surface area contributed by atoms with Crippen LogP contribution in [0.5, 0.6) is 5.75 Å². The van der Waals surface area contributed by atoms with Gasteiger partial charge >= 0.3 is 5.97 Å². The van der Waals surface area contributed by atoms with Crippen LogP contribution >= 0.6 is 58.2 Å². The normalized spacial score (nSPS) is 15.0. The van der Waals surface area contributed by atoms with Gasteiger partial charge < -0.3 is 14.8 Å². The number of carbonyl (C=O) groups is 3. The van der Waals surface area contributed by atoms with Crippen LogP contribution in [0.3, 0.4) is 0 Å². The number of carbonyl (C=O) groups excluding carboxylic acids is 3. The number of anilines is 2. The first kappa shape index (κ1) is 46.1. The van der Waals surface area contributed by atoms with E-state index in [9.17, 15) is 14.4 Å². The number of amides is 2. The summed E-state index contributed by atoms with van der Waals surface area (Å²) in [6.07, 6.45) is 11.0. The molecule has 0 aromatic heterocycles. The van der Waals surface area contributed by atoms with Gasteiger partial charge in [-0.1, -0.05) is 141 Å². The summed E-state index contributed by atoms with van der Waals surface area (Å²) in [5.74, 6) is -0.492. The van der Waals surface area contributed by atoms with E-state index in [-0.39, 0.29) is 38.1 Å². The summed E-state index contributed by atoms with van der Waals surface area (Å²) in [6, 6.07) is 20.5. The fourth-order valence-corrected chi connectivity index (χ4v) is 8.76. The third kappa shape index (κ3) is 13.0. The molecule has 9 nitrogen and oxygen atoms in total. The van der Waals surface area contributed by atoms with Gasteiger partial charge in [0.25, 0.3) is 11.8 Å². The number of nitrogens with one attached hydrogen (secondary N) is 2. The van der Waals surface area contributed by atoms with E-state index in [4.69, 9.17) is 60.9 Å². The van der Waals surface area contributed by atoms with Crippen LogP contribution in [0, 0.1) is 13.8 Å². The Balaban J connectivity index is 1.30. The van der Waals surface area contributed by atoms with Crippen LogP contribution in [0.15, 0.2) is 82.7 Å². The Hall–Kier alpha value is -3.93. The first-order chi connectivity index (χ1) is 28.4. The van der Waals surface area contributed by atoms with Crippen LogP contribution in [-0.2, 0) is 14.3 Å². The lowest BCUT2D eigenvalue weighted by Gasteiger charge is -2.19. The molecule has 1 fully saturated rings. The van der Waals surface area contributed by atoms with E-state index in [0.29, 0.717) is 33.6 Å². The molecule has 0 aliphatic carbocycles. The third-order valence-corrected chi connectivity index (χ3v) is 12.0. The second-order valence-corrected chi connectivity index (χ2v) is 17.3. The second-order valence-electron chi connectivity index (χ2n) is 14.5. The molecule has 2 unspecified atom stereocenters. The molecule has 2 N–H and O–H groups in total. The fraction of sp³-hybridized carbons (Fsp3) is 0.378. The molecule has 1 heterocycles. The number of halogens is 4. The number of thioether (sulfide) groups is 1. The van der Waals surface area contributed by atoms with E-state index in [1.165, 1.54) is 68.2 Å². The molecular weight excluding hydrogens is 850 g/mol. The third-order valence-electron chi connectivity index (χ3n) is 9.67. The highest BCUT2D eigenvalue weighted by molar-refractivity contribution is 8.01. The Labute approximate surface area is 371 Å². The number of nitrogens with zero attached hydrogens (tertiary/aromatic N) is 2. The molecule has 4 aromatic carbocycles. The van der Waals surface area contributed by atoms with Crippen LogP contribution in [0.2, 0.25) is 20.1 Å². The lowest BCUT2D eigenvalue weighted by atomic mass is 10.1. The largest absolute Gasteiger partial charge is 0.481 e. The number of amidine groups is 1. The quantitative estimate of drug-likeness (QED) is 0.0671. The van der Waals surface area contributed by atoms with Gasteiger partial charge in [0.05, 0.1) is 38.6 Å². The van der Waals surface area contributed by atoms with Crippen molar-refractivity contribution in [3.8, 4) is 5.75 Å². The van der Waals surface area contributed by atoms with Gasteiger partial charge in [0.2, 0.25) is 0 Å². The molecule has 59 heavy (non-hydrogen) atoms. The lowest BCUT2D eigenvalue weighted by Crippen LogP contribution is -2.36. The van der Waals surface area contributed by atoms with Crippen molar-refractivity contribution >= 4 is 98.8 Å². The zero-order valence-corrected chi connectivity index (χ0v) is 37.6. The highest BCUT2D eigenvalue weighted by Gasteiger charge is 2.41. The molecule has 0 saturated carbocycles. The van der Waals surface area contributed by atoms with Gasteiger partial charge in [-0.05, 0) is 81.3 Å². The summed E-state index contributed by atoms with van der Waals surface area (Å²) in [4.78, 5) is 46.0. The number of hydrazine groups is 1. The van der Waals surface area contributed by atoms with Crippen molar-refractivity contribution in [1.29, 1.82) is 0 Å². The minimum atomic E-state index is -0.985. The number of aliphatic imine (C=N–C) groups is 1. The summed E-state index contributed by atoms with van der Waals surface area (Å²) in [5.41, 5.74) is 6.30. The van der Waals surface area contributed by atoms with Crippen LogP contribution in [0.4, 0.5) is 17.1 Å². The van der Waals surface area contributed by atoms with Crippen molar-refractivity contribution in [2.45, 2.75) is 108 Å². The molecule has 0 spiro atoms. The molecule has 0 bridgehead atoms. The molecule has 2 amide bonds. The number of aryl methyl sites for hydroxylation is 2. The Morgan fingerprint density at radius 3 is 2.17 bits per heavy atom. The number of hydrogen-bond donors (Lipinski definition) is 2. The second kappa shape index (κ2) is 22.6. The van der Waals surface area contributed by atoms with Crippen LogP contribution in [0.25, 0.3) is 0 Å². The van der Waals surface area contributed by atoms with Crippen LogP contribution in [0.1, 0.15) is 99.5 Å². The minimum Gasteiger partial charge on any atom is -0.481 e. The molecule has 5 rings (SSSR count). The van der Waals surface area contributed by atoms with Crippen molar-refractivity contribution in [3.63, 3.8) is 0 Å². The van der Waals surface area contributed by atoms with Gasteiger partial charge in [0, 0.05) is 9.92 Å². The smallest absolute Gasteiger partial charge is 0.338 e. The fourth-order valence-electron chi connectivity index (χ4n) is 6.47. The number of unbranched alkanes of at least 4 members (excludes halogenated alkanes) is 9. The maximum absolute atomic E-state index is 14.3. The number of benzene rings is 4. The molecule has 4 aromatic rings. The van der Waals surface area contributed by atoms with E-state index in [1.54, 1.807) is 43.3 Å². The number of esters is 1. The Morgan fingerprint density at radius 1 is 0.847 bits per heavy atom. The van der Waals surface area contributed by atoms with Gasteiger partial charge in [-0.3, -0.25) is 15.0 Å². The monoisotopic (exact) mass is 898 g/mol. The van der Waals surface area contributed by atoms with E-state index < -0.39 is 23.2 Å². The van der Waals surface area contributed by atoms with Gasteiger partial charge in [0.15, 0.2) is 6.10 Å². The van der Waals surface area contributed by atoms with Crippen molar-refractivity contribution in [3.05, 3.63) is 110 Å². The van der Waals surface area contributed by atoms with Gasteiger partial charge in [-0.15, -0.1) is 11.8 Å². The number of para-hydroxylation sites is 1. The Bertz CT molecular complexity index is 2130. The SMILES string of the molecule is CCCCCCCCCCCCOC(=O)c1ccc(N=C2NN(c3c(Cl)cc(Cl)cc3Cl)C(=O)C2Sc2ccccc2NC(=O)C(C)Oc2ccc(C)cc2C)c(Cl)c1. The van der Waals surface area contributed by atoms with Crippen molar-refractivity contribution < 1.29 is 23.9 Å². The first-order valence-electron chi connectivity index (χ1n) is 20.0. The maximum atomic E-state index is 14.3. The topological polar surface area (TPSA) is 109 Å². The molecule has 2 atom stereocenters. The van der Waals surface area contributed by atoms with E-state index >= 15 is 0 Å². The van der Waals surface area contributed by atoms with Crippen LogP contribution < -0.4 is 20.5 Å². The zero-order valence-electron chi connectivity index (χ0n) is 33.7. The van der Waals surface area contributed by atoms with Crippen molar-refractivity contribution in [2.75, 3.05) is 16.9 Å². The van der Waals surface area contributed by atoms with Crippen LogP contribution in [-0.4, -0.2) is 41.6 Å². The van der Waals surface area contributed by atoms with Crippen molar-refractivity contribution in [2.24, 2.45) is 4.99 Å². The van der Waals surface area contributed by atoms with E-state index in [1.807, 2.05) is 32.0 Å². The number of hydrogen-bond acceptors (Lipinski definition) is 7. The molecule has 1 aliphatic rings. The van der Waals surface area contributed by atoms with Crippen molar-refractivity contribution in [1.82, 2.24) is 5.43 Å². The molecule has 314 valence electrons. The summed E-state index contributed by atoms with van der Waals surface area (Å²) in [6.45, 7) is 8.14. The standard InChI is InChI=1S/C45H50Cl4N4O5S/c1-5-6-7-8-9-10-11-12-13-16-23-57-45(56)31-20-21-36(33(47)25-31)50-42-41(44(55)53(52-42)40-34(48)26-32(46)27-35(40)49)59-39-18-15-14-17-37(39)51-43(54)30(4)58-38-22-19-28(2)24-29(38)3/h14-15,17-22,24-27,30,41H,5-13,16,23H2,1-4H3,(H,50,52)(H,51,54). The Morgan fingerprint density at radius 2 is 1.51 bits per heavy atom. The molecule has 1 aliphatic heterocycles. The predicted octanol–water partition coefficient (Wildman–Crippen LogP) is 13.1. The average Bonchev–Trinajstić information content (AvgIpc) is 3.48. The molecule has 14 heteroatoms. The number of rotatable bonds is 20. The minimum absolute atomic E-state index is 0.137. The lowest BCUT2D eigenvalue weighted by molar-refractivity contribution is -0.122. The summed E-state index contributed by atoms with van der Waals surface area (Å²) < 4.78 is 11.5. The summed E-state index contributed by atoms with van der Waals surface area (Å²) in [5, 5.41) is 3.93. The average molecular weight is 901 g/mol. The summed E-state index contributed by atoms with van der Waals surface area (Å²) >= 11 is 27.2. The summed E-state index contributed by atoms with van der Waals surface area (Å²) in [7, 11) is 0. The van der Waals surface area contributed by atoms with Gasteiger partial charge in [-0.2, -0.15) is 0 Å². The molecule has 0 radical (unpaired) electrons. The van der Waals surface area contributed by atoms with Gasteiger partial charge in [-0.25, -0.2) is 14.8 Å². The Kier molecular flexibility index (Phi) is 17.7. The molecular formula is C45H50Cl4N4O5S. The van der Waals surface area contributed by atoms with E-state index in [2.05, 4.69) is 17.7 Å². The highest BCUT2D eigenvalue weighted by atomic mass is 35.5.